The normalized spacial score (nSPS) is 17.5. The minimum Gasteiger partial charge on any atom is -0.492 e. The van der Waals surface area contributed by atoms with Crippen molar-refractivity contribution >= 4 is 28.6 Å². The first-order valence-corrected chi connectivity index (χ1v) is 6.26. The van der Waals surface area contributed by atoms with Gasteiger partial charge >= 0.3 is 0 Å². The summed E-state index contributed by atoms with van der Waals surface area (Å²) in [6.07, 6.45) is 2.31. The van der Waals surface area contributed by atoms with E-state index in [1.54, 1.807) is 6.07 Å². The van der Waals surface area contributed by atoms with Gasteiger partial charge in [0.2, 0.25) is 0 Å². The summed E-state index contributed by atoms with van der Waals surface area (Å²) in [5.74, 6) is 1.13. The average Bonchev–Trinajstić information content (AvgIpc) is 3.00. The third-order valence-corrected chi connectivity index (χ3v) is 4.05. The van der Waals surface area contributed by atoms with E-state index in [9.17, 15) is 4.39 Å². The Bertz CT molecular complexity index is 366. The molecule has 0 bridgehead atoms. The molecule has 0 amide bonds. The molecule has 0 spiro atoms. The Balaban J connectivity index is 2.01. The molecule has 0 N–H and O–H groups in total. The summed E-state index contributed by atoms with van der Waals surface area (Å²) in [5.41, 5.74) is 0.231. The van der Waals surface area contributed by atoms with E-state index in [0.29, 0.717) is 12.4 Å². The molecule has 0 atom stereocenters. The van der Waals surface area contributed by atoms with Gasteiger partial charge in [-0.2, -0.15) is 12.6 Å². The van der Waals surface area contributed by atoms with E-state index in [-0.39, 0.29) is 11.2 Å². The highest BCUT2D eigenvalue weighted by Crippen LogP contribution is 2.47. The molecule has 15 heavy (non-hydrogen) atoms. The minimum absolute atomic E-state index is 0.231. The molecule has 0 unspecified atom stereocenters. The number of ether oxygens (including phenoxy) is 1. The fourth-order valence-corrected chi connectivity index (χ4v) is 2.11. The molecular formula is C11H12BrFOS. The first-order chi connectivity index (χ1) is 7.15. The van der Waals surface area contributed by atoms with Gasteiger partial charge in [-0.05, 0) is 46.7 Å². The highest BCUT2D eigenvalue weighted by atomic mass is 79.9. The van der Waals surface area contributed by atoms with E-state index in [1.165, 1.54) is 12.1 Å². The Labute approximate surface area is 103 Å². The first-order valence-electron chi connectivity index (χ1n) is 4.84. The second-order valence-corrected chi connectivity index (χ2v) is 5.19. The van der Waals surface area contributed by atoms with E-state index in [0.717, 1.165) is 23.1 Å². The minimum atomic E-state index is -0.274. The zero-order valence-electron chi connectivity index (χ0n) is 8.17. The molecule has 2 rings (SSSR count). The van der Waals surface area contributed by atoms with Crippen molar-refractivity contribution in [2.45, 2.75) is 12.8 Å². The van der Waals surface area contributed by atoms with Crippen molar-refractivity contribution in [1.29, 1.82) is 0 Å². The topological polar surface area (TPSA) is 9.23 Å². The maximum Gasteiger partial charge on any atom is 0.136 e. The number of hydrogen-bond donors (Lipinski definition) is 1. The zero-order valence-corrected chi connectivity index (χ0v) is 10.7. The van der Waals surface area contributed by atoms with E-state index >= 15 is 0 Å². The monoisotopic (exact) mass is 290 g/mol. The first kappa shape index (κ1) is 11.3. The molecule has 0 saturated heterocycles. The highest BCUT2D eigenvalue weighted by Gasteiger charge is 2.42. The summed E-state index contributed by atoms with van der Waals surface area (Å²) in [4.78, 5) is 0. The Morgan fingerprint density at radius 2 is 2.20 bits per heavy atom. The number of halogens is 2. The van der Waals surface area contributed by atoms with Crippen molar-refractivity contribution in [2.75, 3.05) is 12.4 Å². The van der Waals surface area contributed by atoms with Crippen molar-refractivity contribution in [3.63, 3.8) is 0 Å². The van der Waals surface area contributed by atoms with E-state index in [2.05, 4.69) is 28.6 Å². The van der Waals surface area contributed by atoms with Crippen molar-refractivity contribution in [3.8, 4) is 5.75 Å². The van der Waals surface area contributed by atoms with Crippen LogP contribution in [-0.2, 0) is 0 Å². The van der Waals surface area contributed by atoms with Crippen LogP contribution in [0.5, 0.6) is 5.75 Å². The Hall–Kier alpha value is -0.220. The standard InChI is InChI=1S/C11H12BrFOS/c12-9-2-1-8(13)5-10(9)14-6-11(7-15)3-4-11/h1-2,5,15H,3-4,6-7H2. The van der Waals surface area contributed by atoms with Crippen molar-refractivity contribution in [1.82, 2.24) is 0 Å². The predicted octanol–water partition coefficient (Wildman–Crippen LogP) is 3.68. The lowest BCUT2D eigenvalue weighted by Gasteiger charge is -2.14. The van der Waals surface area contributed by atoms with Crippen LogP contribution >= 0.6 is 28.6 Å². The molecule has 1 saturated carbocycles. The van der Waals surface area contributed by atoms with Gasteiger partial charge in [-0.3, -0.25) is 0 Å². The summed E-state index contributed by atoms with van der Waals surface area (Å²) in [6, 6.07) is 4.46. The molecule has 82 valence electrons. The van der Waals surface area contributed by atoms with Crippen LogP contribution in [0.3, 0.4) is 0 Å². The van der Waals surface area contributed by atoms with Gasteiger partial charge in [0, 0.05) is 11.5 Å². The molecule has 1 aromatic carbocycles. The lowest BCUT2D eigenvalue weighted by atomic mass is 10.2. The van der Waals surface area contributed by atoms with E-state index in [1.807, 2.05) is 0 Å². The van der Waals surface area contributed by atoms with Gasteiger partial charge in [0.05, 0.1) is 11.1 Å². The molecule has 4 heteroatoms. The predicted molar refractivity (Wildman–Crippen MR) is 65.1 cm³/mol. The molecule has 1 nitrogen and oxygen atoms in total. The third kappa shape index (κ3) is 2.67. The van der Waals surface area contributed by atoms with Gasteiger partial charge in [-0.1, -0.05) is 0 Å². The van der Waals surface area contributed by atoms with E-state index in [4.69, 9.17) is 4.74 Å². The van der Waals surface area contributed by atoms with Crippen LogP contribution in [0, 0.1) is 11.2 Å². The van der Waals surface area contributed by atoms with E-state index < -0.39 is 0 Å². The largest absolute Gasteiger partial charge is 0.492 e. The SMILES string of the molecule is Fc1ccc(Br)c(OCC2(CS)CC2)c1. The number of rotatable bonds is 4. The van der Waals surface area contributed by atoms with Crippen molar-refractivity contribution in [2.24, 2.45) is 5.41 Å². The van der Waals surface area contributed by atoms with Gasteiger partial charge in [-0.25, -0.2) is 4.39 Å². The summed E-state index contributed by atoms with van der Waals surface area (Å²) < 4.78 is 19.3. The molecule has 1 aromatic rings. The fourth-order valence-electron chi connectivity index (χ4n) is 1.34. The lowest BCUT2D eigenvalue weighted by molar-refractivity contribution is 0.248. The summed E-state index contributed by atoms with van der Waals surface area (Å²) in [7, 11) is 0. The number of benzene rings is 1. The second kappa shape index (κ2) is 4.34. The maximum atomic E-state index is 12.9. The van der Waals surface area contributed by atoms with Crippen LogP contribution in [0.25, 0.3) is 0 Å². The molecular weight excluding hydrogens is 279 g/mol. The van der Waals surface area contributed by atoms with Gasteiger partial charge in [0.1, 0.15) is 11.6 Å². The van der Waals surface area contributed by atoms with Gasteiger partial charge in [0.15, 0.2) is 0 Å². The van der Waals surface area contributed by atoms with Gasteiger partial charge in [-0.15, -0.1) is 0 Å². The smallest absolute Gasteiger partial charge is 0.136 e. The Morgan fingerprint density at radius 1 is 1.47 bits per heavy atom. The van der Waals surface area contributed by atoms with Crippen LogP contribution in [0.1, 0.15) is 12.8 Å². The summed E-state index contributed by atoms with van der Waals surface area (Å²) >= 11 is 7.62. The quantitative estimate of drug-likeness (QED) is 0.833. The lowest BCUT2D eigenvalue weighted by Crippen LogP contribution is -2.14. The molecule has 1 fully saturated rings. The van der Waals surface area contributed by atoms with Crippen molar-refractivity contribution in [3.05, 3.63) is 28.5 Å². The summed E-state index contributed by atoms with van der Waals surface area (Å²) in [5, 5.41) is 0. The van der Waals surface area contributed by atoms with Crippen molar-refractivity contribution < 1.29 is 9.13 Å². The average molecular weight is 291 g/mol. The summed E-state index contributed by atoms with van der Waals surface area (Å²) in [6.45, 7) is 0.624. The molecule has 0 aliphatic heterocycles. The molecule has 0 aromatic heterocycles. The Morgan fingerprint density at radius 3 is 2.80 bits per heavy atom. The zero-order chi connectivity index (χ0) is 10.9. The molecule has 1 aliphatic rings. The van der Waals surface area contributed by atoms with Crippen LogP contribution < -0.4 is 4.74 Å². The van der Waals surface area contributed by atoms with Crippen LogP contribution in [0.2, 0.25) is 0 Å². The maximum absolute atomic E-state index is 12.9. The van der Waals surface area contributed by atoms with Crippen LogP contribution in [0.4, 0.5) is 4.39 Å². The van der Waals surface area contributed by atoms with Gasteiger partial charge < -0.3 is 4.74 Å². The third-order valence-electron chi connectivity index (χ3n) is 2.72. The number of thiol groups is 1. The second-order valence-electron chi connectivity index (χ2n) is 4.02. The fraction of sp³-hybridized carbons (Fsp3) is 0.455. The van der Waals surface area contributed by atoms with Crippen LogP contribution in [0.15, 0.2) is 22.7 Å². The molecule has 1 aliphatic carbocycles. The molecule has 0 heterocycles. The van der Waals surface area contributed by atoms with Crippen LogP contribution in [-0.4, -0.2) is 12.4 Å². The molecule has 0 radical (unpaired) electrons. The Kier molecular flexibility index (Phi) is 3.26. The highest BCUT2D eigenvalue weighted by molar-refractivity contribution is 9.10. The number of hydrogen-bond acceptors (Lipinski definition) is 2. The van der Waals surface area contributed by atoms with Gasteiger partial charge in [0.25, 0.3) is 0 Å².